The summed E-state index contributed by atoms with van der Waals surface area (Å²) < 4.78 is 16.6. The molecule has 8 heteroatoms. The molecule has 1 aliphatic heterocycles. The van der Waals surface area contributed by atoms with Gasteiger partial charge in [-0.1, -0.05) is 36.4 Å². The minimum atomic E-state index is -0.269. The van der Waals surface area contributed by atoms with Gasteiger partial charge < -0.3 is 24.0 Å². The van der Waals surface area contributed by atoms with Gasteiger partial charge in [-0.3, -0.25) is 9.59 Å². The predicted molar refractivity (Wildman–Crippen MR) is 139 cm³/mol. The second-order valence-corrected chi connectivity index (χ2v) is 9.73. The number of carbonyl (C=O) groups excluding carboxylic acids is 2. The molecular weight excluding hydrogens is 476 g/mol. The van der Waals surface area contributed by atoms with Crippen LogP contribution in [0.4, 0.5) is 0 Å². The van der Waals surface area contributed by atoms with Crippen molar-refractivity contribution in [2.24, 2.45) is 0 Å². The first-order chi connectivity index (χ1) is 17.6. The fraction of sp³-hybridized carbons (Fsp3) is 0.357. The zero-order valence-electron chi connectivity index (χ0n) is 20.7. The van der Waals surface area contributed by atoms with E-state index in [1.807, 2.05) is 52.7 Å². The number of amides is 2. The number of methoxy groups -OCH3 is 2. The van der Waals surface area contributed by atoms with E-state index in [-0.39, 0.29) is 24.5 Å². The van der Waals surface area contributed by atoms with Gasteiger partial charge in [0, 0.05) is 30.6 Å². The standard InChI is InChI=1S/C28H32N2O5S/c1-33-22-12-13-25(26(16-22)34-2)28(32)30(18-23-10-6-14-35-23)20-27(31)29(19-24-11-7-15-36-24)17-21-8-4-3-5-9-21/h3-5,7-9,11-13,15-16,23H,6,10,14,17-20H2,1-2H3. The number of benzene rings is 2. The monoisotopic (exact) mass is 508 g/mol. The fourth-order valence-electron chi connectivity index (χ4n) is 4.29. The van der Waals surface area contributed by atoms with Gasteiger partial charge in [-0.15, -0.1) is 11.3 Å². The van der Waals surface area contributed by atoms with Crippen molar-refractivity contribution in [2.45, 2.75) is 32.0 Å². The van der Waals surface area contributed by atoms with Crippen LogP contribution < -0.4 is 9.47 Å². The SMILES string of the molecule is COc1ccc(C(=O)N(CC(=O)N(Cc2ccccc2)Cc2cccs2)CC2CCCO2)c(OC)c1. The number of ether oxygens (including phenoxy) is 3. The van der Waals surface area contributed by atoms with Crippen LogP contribution in [0.3, 0.4) is 0 Å². The van der Waals surface area contributed by atoms with Crippen molar-refractivity contribution in [3.63, 3.8) is 0 Å². The van der Waals surface area contributed by atoms with E-state index in [0.717, 1.165) is 23.3 Å². The molecule has 1 unspecified atom stereocenters. The van der Waals surface area contributed by atoms with E-state index in [4.69, 9.17) is 14.2 Å². The summed E-state index contributed by atoms with van der Waals surface area (Å²) in [5.74, 6) is 0.610. The molecule has 190 valence electrons. The minimum absolute atomic E-state index is 0.0495. The average molecular weight is 509 g/mol. The maximum atomic E-state index is 13.7. The molecule has 0 radical (unpaired) electrons. The van der Waals surface area contributed by atoms with Crippen LogP contribution in [0.25, 0.3) is 0 Å². The summed E-state index contributed by atoms with van der Waals surface area (Å²) in [6.45, 7) is 1.92. The number of hydrogen-bond donors (Lipinski definition) is 0. The second kappa shape index (κ2) is 12.6. The highest BCUT2D eigenvalue weighted by atomic mass is 32.1. The van der Waals surface area contributed by atoms with Crippen LogP contribution in [0.15, 0.2) is 66.0 Å². The third kappa shape index (κ3) is 6.65. The predicted octanol–water partition coefficient (Wildman–Crippen LogP) is 4.62. The van der Waals surface area contributed by atoms with Gasteiger partial charge in [0.15, 0.2) is 0 Å². The van der Waals surface area contributed by atoms with E-state index in [0.29, 0.717) is 43.3 Å². The quantitative estimate of drug-likeness (QED) is 0.378. The molecule has 1 aromatic heterocycles. The Morgan fingerprint density at radius 1 is 1.00 bits per heavy atom. The number of thiophene rings is 1. The van der Waals surface area contributed by atoms with Crippen molar-refractivity contribution in [3.8, 4) is 11.5 Å². The van der Waals surface area contributed by atoms with Crippen LogP contribution in [0.2, 0.25) is 0 Å². The summed E-state index contributed by atoms with van der Waals surface area (Å²) in [6.07, 6.45) is 1.72. The lowest BCUT2D eigenvalue weighted by Gasteiger charge is -2.29. The lowest BCUT2D eigenvalue weighted by Crippen LogP contribution is -2.45. The number of hydrogen-bond acceptors (Lipinski definition) is 6. The molecule has 0 bridgehead atoms. The molecule has 1 fully saturated rings. The fourth-order valence-corrected chi connectivity index (χ4v) is 5.01. The van der Waals surface area contributed by atoms with Crippen molar-refractivity contribution < 1.29 is 23.8 Å². The highest BCUT2D eigenvalue weighted by Crippen LogP contribution is 2.27. The smallest absolute Gasteiger partial charge is 0.258 e. The van der Waals surface area contributed by atoms with Crippen LogP contribution in [0.1, 0.15) is 33.6 Å². The van der Waals surface area contributed by atoms with Crippen LogP contribution in [0, 0.1) is 0 Å². The van der Waals surface area contributed by atoms with Crippen LogP contribution in [-0.4, -0.2) is 61.6 Å². The van der Waals surface area contributed by atoms with Crippen molar-refractivity contribution in [1.29, 1.82) is 0 Å². The van der Waals surface area contributed by atoms with E-state index >= 15 is 0 Å². The zero-order valence-corrected chi connectivity index (χ0v) is 21.5. The molecule has 0 spiro atoms. The molecule has 1 atom stereocenters. The summed E-state index contributed by atoms with van der Waals surface area (Å²) in [5.41, 5.74) is 1.42. The first-order valence-electron chi connectivity index (χ1n) is 12.0. The van der Waals surface area contributed by atoms with Gasteiger partial charge in [0.1, 0.15) is 18.0 Å². The van der Waals surface area contributed by atoms with E-state index in [2.05, 4.69) is 0 Å². The van der Waals surface area contributed by atoms with Crippen molar-refractivity contribution in [1.82, 2.24) is 9.80 Å². The van der Waals surface area contributed by atoms with Gasteiger partial charge in [0.2, 0.25) is 5.91 Å². The van der Waals surface area contributed by atoms with Crippen molar-refractivity contribution in [3.05, 3.63) is 82.0 Å². The highest BCUT2D eigenvalue weighted by Gasteiger charge is 2.29. The molecule has 7 nitrogen and oxygen atoms in total. The summed E-state index contributed by atoms with van der Waals surface area (Å²) in [4.78, 5) is 31.9. The Balaban J connectivity index is 1.58. The Kier molecular flexibility index (Phi) is 8.97. The molecule has 1 saturated heterocycles. The maximum absolute atomic E-state index is 13.7. The zero-order chi connectivity index (χ0) is 25.3. The molecule has 4 rings (SSSR count). The molecule has 1 aliphatic rings. The van der Waals surface area contributed by atoms with Gasteiger partial charge in [0.05, 0.1) is 32.4 Å². The van der Waals surface area contributed by atoms with Crippen molar-refractivity contribution >= 4 is 23.2 Å². The topological polar surface area (TPSA) is 68.3 Å². The Morgan fingerprint density at radius 3 is 2.50 bits per heavy atom. The summed E-state index contributed by atoms with van der Waals surface area (Å²) in [7, 11) is 3.08. The van der Waals surface area contributed by atoms with Gasteiger partial charge in [-0.2, -0.15) is 0 Å². The van der Waals surface area contributed by atoms with E-state index in [1.165, 1.54) is 7.11 Å². The number of rotatable bonds is 11. The molecular formula is C28H32N2O5S. The lowest BCUT2D eigenvalue weighted by atomic mass is 10.1. The summed E-state index contributed by atoms with van der Waals surface area (Å²) in [5, 5.41) is 2.00. The number of nitrogens with zero attached hydrogens (tertiary/aromatic N) is 2. The molecule has 2 aromatic carbocycles. The molecule has 36 heavy (non-hydrogen) atoms. The average Bonchev–Trinajstić information content (AvgIpc) is 3.62. The molecule has 0 N–H and O–H groups in total. The van der Waals surface area contributed by atoms with E-state index in [9.17, 15) is 9.59 Å². The Labute approximate surface area is 216 Å². The first-order valence-corrected chi connectivity index (χ1v) is 12.9. The van der Waals surface area contributed by atoms with Crippen LogP contribution >= 0.6 is 11.3 Å². The highest BCUT2D eigenvalue weighted by molar-refractivity contribution is 7.09. The molecule has 3 aromatic rings. The van der Waals surface area contributed by atoms with Gasteiger partial charge in [-0.05, 0) is 42.0 Å². The molecule has 2 amide bonds. The van der Waals surface area contributed by atoms with Gasteiger partial charge in [0.25, 0.3) is 5.91 Å². The van der Waals surface area contributed by atoms with Gasteiger partial charge >= 0.3 is 0 Å². The van der Waals surface area contributed by atoms with Gasteiger partial charge in [-0.25, -0.2) is 0 Å². The third-order valence-corrected chi connectivity index (χ3v) is 7.06. The third-order valence-electron chi connectivity index (χ3n) is 6.20. The number of carbonyl (C=O) groups is 2. The minimum Gasteiger partial charge on any atom is -0.497 e. The Hall–Kier alpha value is -3.36. The van der Waals surface area contributed by atoms with E-state index < -0.39 is 0 Å². The second-order valence-electron chi connectivity index (χ2n) is 8.70. The molecule has 0 aliphatic carbocycles. The Morgan fingerprint density at radius 2 is 1.83 bits per heavy atom. The van der Waals surface area contributed by atoms with Crippen molar-refractivity contribution in [2.75, 3.05) is 33.9 Å². The largest absolute Gasteiger partial charge is 0.497 e. The molecule has 2 heterocycles. The summed E-state index contributed by atoms with van der Waals surface area (Å²) in [6, 6.07) is 19.0. The normalized spacial score (nSPS) is 14.9. The summed E-state index contributed by atoms with van der Waals surface area (Å²) >= 11 is 1.61. The van der Waals surface area contributed by atoms with Crippen LogP contribution in [0.5, 0.6) is 11.5 Å². The van der Waals surface area contributed by atoms with Crippen LogP contribution in [-0.2, 0) is 22.6 Å². The first kappa shape index (κ1) is 25.7. The lowest BCUT2D eigenvalue weighted by molar-refractivity contribution is -0.133. The Bertz CT molecular complexity index is 1130. The maximum Gasteiger partial charge on any atom is 0.258 e. The van der Waals surface area contributed by atoms with E-state index in [1.54, 1.807) is 41.5 Å². The molecule has 0 saturated carbocycles.